The second-order valence-electron chi connectivity index (χ2n) is 4.38. The van der Waals surface area contributed by atoms with E-state index in [4.69, 9.17) is 4.74 Å². The van der Waals surface area contributed by atoms with Crippen molar-refractivity contribution in [1.82, 2.24) is 10.2 Å². The molecule has 0 spiro atoms. The fourth-order valence-corrected chi connectivity index (χ4v) is 2.13. The molecule has 0 unspecified atom stereocenters. The van der Waals surface area contributed by atoms with Crippen LogP contribution in [0.4, 0.5) is 5.69 Å². The molecule has 96 valence electrons. The molecule has 0 aliphatic carbocycles. The van der Waals surface area contributed by atoms with Crippen LogP contribution in [-0.4, -0.2) is 23.2 Å². The van der Waals surface area contributed by atoms with E-state index in [0.29, 0.717) is 12.3 Å². The molecular weight excluding hydrogens is 242 g/mol. The number of rotatable bonds is 2. The lowest BCUT2D eigenvalue weighted by molar-refractivity contribution is -0.116. The molecule has 0 saturated heterocycles. The third-order valence-corrected chi connectivity index (χ3v) is 3.15. The zero-order valence-electron chi connectivity index (χ0n) is 10.5. The molecule has 2 heterocycles. The number of anilines is 1. The standard InChI is InChI=1S/C14H13N3O2/c1-19-14-7-5-12(16-17-14)10-2-4-11-9(8-10)3-6-13(18)15-11/h2,4-5,7-8H,3,6H2,1H3,(H,15,18). The molecule has 3 rings (SSSR count). The highest BCUT2D eigenvalue weighted by Gasteiger charge is 2.15. The number of ether oxygens (including phenoxy) is 1. The molecule has 1 aromatic carbocycles. The Morgan fingerprint density at radius 3 is 2.79 bits per heavy atom. The van der Waals surface area contributed by atoms with Gasteiger partial charge in [-0.15, -0.1) is 10.2 Å². The molecule has 5 nitrogen and oxygen atoms in total. The van der Waals surface area contributed by atoms with Crippen LogP contribution in [0, 0.1) is 0 Å². The van der Waals surface area contributed by atoms with Gasteiger partial charge in [0.25, 0.3) is 0 Å². The highest BCUT2D eigenvalue weighted by Crippen LogP contribution is 2.27. The van der Waals surface area contributed by atoms with Crippen LogP contribution < -0.4 is 10.1 Å². The lowest BCUT2D eigenvalue weighted by atomic mass is 9.99. The minimum absolute atomic E-state index is 0.0736. The number of hydrogen-bond donors (Lipinski definition) is 1. The highest BCUT2D eigenvalue weighted by molar-refractivity contribution is 5.94. The van der Waals surface area contributed by atoms with Crippen molar-refractivity contribution in [2.45, 2.75) is 12.8 Å². The molecule has 0 bridgehead atoms. The van der Waals surface area contributed by atoms with Gasteiger partial charge in [0.1, 0.15) is 0 Å². The quantitative estimate of drug-likeness (QED) is 0.891. The summed E-state index contributed by atoms with van der Waals surface area (Å²) >= 11 is 0. The van der Waals surface area contributed by atoms with Gasteiger partial charge in [0.2, 0.25) is 11.8 Å². The number of hydrogen-bond acceptors (Lipinski definition) is 4. The zero-order chi connectivity index (χ0) is 13.2. The van der Waals surface area contributed by atoms with Gasteiger partial charge in [0.15, 0.2) is 0 Å². The Balaban J connectivity index is 1.95. The molecule has 1 aromatic heterocycles. The van der Waals surface area contributed by atoms with E-state index >= 15 is 0 Å². The Labute approximate surface area is 110 Å². The summed E-state index contributed by atoms with van der Waals surface area (Å²) in [6, 6.07) is 9.54. The summed E-state index contributed by atoms with van der Waals surface area (Å²) < 4.78 is 4.99. The molecule has 0 atom stereocenters. The number of carbonyl (C=O) groups excluding carboxylic acids is 1. The lowest BCUT2D eigenvalue weighted by Crippen LogP contribution is -2.18. The SMILES string of the molecule is COc1ccc(-c2ccc3c(c2)CCC(=O)N3)nn1. The molecule has 1 aliphatic heterocycles. The molecule has 0 saturated carbocycles. The van der Waals surface area contributed by atoms with Gasteiger partial charge in [-0.3, -0.25) is 4.79 Å². The number of fused-ring (bicyclic) bond motifs is 1. The van der Waals surface area contributed by atoms with Gasteiger partial charge in [0, 0.05) is 23.7 Å². The Morgan fingerprint density at radius 1 is 1.16 bits per heavy atom. The number of carbonyl (C=O) groups is 1. The second-order valence-corrected chi connectivity index (χ2v) is 4.38. The first kappa shape index (κ1) is 11.6. The molecule has 0 radical (unpaired) electrons. The van der Waals surface area contributed by atoms with Gasteiger partial charge in [-0.05, 0) is 30.2 Å². The Kier molecular flexibility index (Phi) is 2.87. The lowest BCUT2D eigenvalue weighted by Gasteiger charge is -2.17. The first-order chi connectivity index (χ1) is 9.26. The predicted molar refractivity (Wildman–Crippen MR) is 71.0 cm³/mol. The van der Waals surface area contributed by atoms with E-state index in [1.165, 1.54) is 0 Å². The summed E-state index contributed by atoms with van der Waals surface area (Å²) in [4.78, 5) is 11.3. The molecule has 19 heavy (non-hydrogen) atoms. The Bertz CT molecular complexity index is 623. The third-order valence-electron chi connectivity index (χ3n) is 3.15. The van der Waals surface area contributed by atoms with Gasteiger partial charge in [-0.1, -0.05) is 6.07 Å². The molecule has 0 fully saturated rings. The maximum atomic E-state index is 11.3. The van der Waals surface area contributed by atoms with Crippen LogP contribution in [-0.2, 0) is 11.2 Å². The normalized spacial score (nSPS) is 13.6. The number of nitrogens with one attached hydrogen (secondary N) is 1. The van der Waals surface area contributed by atoms with Gasteiger partial charge in [-0.25, -0.2) is 0 Å². The van der Waals surface area contributed by atoms with E-state index in [2.05, 4.69) is 15.5 Å². The van der Waals surface area contributed by atoms with Gasteiger partial charge in [0.05, 0.1) is 12.8 Å². The van der Waals surface area contributed by atoms with Crippen molar-refractivity contribution in [2.24, 2.45) is 0 Å². The highest BCUT2D eigenvalue weighted by atomic mass is 16.5. The van der Waals surface area contributed by atoms with Crippen LogP contribution in [0.3, 0.4) is 0 Å². The fourth-order valence-electron chi connectivity index (χ4n) is 2.13. The van der Waals surface area contributed by atoms with Crippen LogP contribution >= 0.6 is 0 Å². The average molecular weight is 255 g/mol. The molecule has 5 heteroatoms. The van der Waals surface area contributed by atoms with Crippen molar-refractivity contribution in [3.63, 3.8) is 0 Å². The topological polar surface area (TPSA) is 64.1 Å². The summed E-state index contributed by atoms with van der Waals surface area (Å²) in [5.74, 6) is 0.568. The monoisotopic (exact) mass is 255 g/mol. The minimum atomic E-state index is 0.0736. The van der Waals surface area contributed by atoms with Crippen molar-refractivity contribution in [3.05, 3.63) is 35.9 Å². The van der Waals surface area contributed by atoms with E-state index in [0.717, 1.165) is 28.9 Å². The molecule has 1 aliphatic rings. The second kappa shape index (κ2) is 4.68. The minimum Gasteiger partial charge on any atom is -0.480 e. The van der Waals surface area contributed by atoms with Crippen molar-refractivity contribution in [3.8, 4) is 17.1 Å². The van der Waals surface area contributed by atoms with E-state index in [1.807, 2.05) is 24.3 Å². The van der Waals surface area contributed by atoms with Crippen molar-refractivity contribution >= 4 is 11.6 Å². The van der Waals surface area contributed by atoms with E-state index < -0.39 is 0 Å². The van der Waals surface area contributed by atoms with Crippen molar-refractivity contribution in [1.29, 1.82) is 0 Å². The van der Waals surface area contributed by atoms with Gasteiger partial charge in [-0.2, -0.15) is 0 Å². The average Bonchev–Trinajstić information content (AvgIpc) is 2.47. The number of benzene rings is 1. The predicted octanol–water partition coefficient (Wildman–Crippen LogP) is 2.04. The fraction of sp³-hybridized carbons (Fsp3) is 0.214. The smallest absolute Gasteiger partial charge is 0.233 e. The third kappa shape index (κ3) is 2.27. The van der Waals surface area contributed by atoms with Gasteiger partial charge >= 0.3 is 0 Å². The van der Waals surface area contributed by atoms with Crippen molar-refractivity contribution < 1.29 is 9.53 Å². The number of aromatic nitrogens is 2. The summed E-state index contributed by atoms with van der Waals surface area (Å²) in [6.45, 7) is 0. The van der Waals surface area contributed by atoms with E-state index in [1.54, 1.807) is 13.2 Å². The number of amides is 1. The maximum Gasteiger partial charge on any atom is 0.233 e. The van der Waals surface area contributed by atoms with E-state index in [9.17, 15) is 4.79 Å². The van der Waals surface area contributed by atoms with Crippen LogP contribution in [0.15, 0.2) is 30.3 Å². The zero-order valence-corrected chi connectivity index (χ0v) is 10.5. The number of nitrogens with zero attached hydrogens (tertiary/aromatic N) is 2. The summed E-state index contributed by atoms with van der Waals surface area (Å²) in [6.07, 6.45) is 1.29. The first-order valence-corrected chi connectivity index (χ1v) is 6.07. The molecule has 1 amide bonds. The molecule has 1 N–H and O–H groups in total. The van der Waals surface area contributed by atoms with Crippen LogP contribution in [0.25, 0.3) is 11.3 Å². The van der Waals surface area contributed by atoms with Crippen LogP contribution in [0.2, 0.25) is 0 Å². The number of methoxy groups -OCH3 is 1. The number of aryl methyl sites for hydroxylation is 1. The van der Waals surface area contributed by atoms with Crippen LogP contribution in [0.1, 0.15) is 12.0 Å². The first-order valence-electron chi connectivity index (χ1n) is 6.07. The summed E-state index contributed by atoms with van der Waals surface area (Å²) in [7, 11) is 1.56. The van der Waals surface area contributed by atoms with E-state index in [-0.39, 0.29) is 5.91 Å². The van der Waals surface area contributed by atoms with Gasteiger partial charge < -0.3 is 10.1 Å². The largest absolute Gasteiger partial charge is 0.480 e. The molecule has 2 aromatic rings. The Morgan fingerprint density at radius 2 is 2.05 bits per heavy atom. The summed E-state index contributed by atoms with van der Waals surface area (Å²) in [5.41, 5.74) is 3.81. The Hall–Kier alpha value is -2.43. The van der Waals surface area contributed by atoms with Crippen LogP contribution in [0.5, 0.6) is 5.88 Å². The maximum absolute atomic E-state index is 11.3. The van der Waals surface area contributed by atoms with Crippen molar-refractivity contribution in [2.75, 3.05) is 12.4 Å². The molecular formula is C14H13N3O2. The summed E-state index contributed by atoms with van der Waals surface area (Å²) in [5, 5.41) is 10.9.